The van der Waals surface area contributed by atoms with E-state index in [1.807, 2.05) is 42.5 Å². The summed E-state index contributed by atoms with van der Waals surface area (Å²) in [6, 6.07) is 46.1. The van der Waals surface area contributed by atoms with Gasteiger partial charge < -0.3 is 14.2 Å². The summed E-state index contributed by atoms with van der Waals surface area (Å²) in [5, 5.41) is 7.86. The smallest absolute Gasteiger partial charge is 0.170 e. The Morgan fingerprint density at radius 1 is 0.540 bits per heavy atom. The Labute approximate surface area is 288 Å². The SMILES string of the molecule is C1=CCCC(c2ccc(C3=NC(c4ccc5oc6ccccc6c5c4-c4ccc5oc6ccccc6c5c4)N=C(c4ccccc4)N3)cc2)=C1. The lowest BCUT2D eigenvalue weighted by Gasteiger charge is -2.24. The standard InChI is InChI=1S/C45H31N3O2/c1-3-11-28(12-4-1)29-19-21-31(22-20-29)44-46-43(30-13-5-2-6-14-30)47-45(48-44)35-24-26-40-42(34-16-8-10-18-38(34)50-40)41(35)32-23-25-39-36(27-32)33-15-7-9-17-37(33)49-39/h1-3,5-11,13-27,45H,4,12H2,(H,46,47,48). The third kappa shape index (κ3) is 4.78. The van der Waals surface area contributed by atoms with E-state index < -0.39 is 6.17 Å². The maximum Gasteiger partial charge on any atom is 0.170 e. The summed E-state index contributed by atoms with van der Waals surface area (Å²) >= 11 is 0. The van der Waals surface area contributed by atoms with Gasteiger partial charge in [0.1, 0.15) is 34.0 Å². The predicted octanol–water partition coefficient (Wildman–Crippen LogP) is 11.4. The van der Waals surface area contributed by atoms with Crippen LogP contribution in [0.2, 0.25) is 0 Å². The molecular weight excluding hydrogens is 615 g/mol. The van der Waals surface area contributed by atoms with Crippen LogP contribution in [-0.2, 0) is 0 Å². The molecule has 50 heavy (non-hydrogen) atoms. The van der Waals surface area contributed by atoms with E-state index in [0.717, 1.165) is 96.2 Å². The van der Waals surface area contributed by atoms with Crippen molar-refractivity contribution in [2.24, 2.45) is 9.98 Å². The van der Waals surface area contributed by atoms with Gasteiger partial charge in [0.25, 0.3) is 0 Å². The van der Waals surface area contributed by atoms with E-state index in [4.69, 9.17) is 18.8 Å². The Bertz CT molecular complexity index is 2730. The van der Waals surface area contributed by atoms with E-state index in [1.165, 1.54) is 11.1 Å². The van der Waals surface area contributed by atoms with Crippen molar-refractivity contribution in [2.45, 2.75) is 19.0 Å². The molecule has 0 radical (unpaired) electrons. The molecule has 0 saturated carbocycles. The van der Waals surface area contributed by atoms with Crippen LogP contribution in [0.25, 0.3) is 60.6 Å². The average Bonchev–Trinajstić information content (AvgIpc) is 3.76. The molecule has 1 N–H and O–H groups in total. The van der Waals surface area contributed by atoms with Crippen molar-refractivity contribution in [3.63, 3.8) is 0 Å². The summed E-state index contributed by atoms with van der Waals surface area (Å²) in [5.41, 5.74) is 11.1. The molecule has 1 aliphatic carbocycles. The van der Waals surface area contributed by atoms with Crippen molar-refractivity contribution in [2.75, 3.05) is 0 Å². The van der Waals surface area contributed by atoms with E-state index >= 15 is 0 Å². The van der Waals surface area contributed by atoms with Crippen molar-refractivity contribution in [3.05, 3.63) is 174 Å². The molecule has 1 aliphatic heterocycles. The van der Waals surface area contributed by atoms with Gasteiger partial charge in [-0.15, -0.1) is 0 Å². The molecule has 0 fully saturated rings. The molecule has 0 saturated heterocycles. The molecule has 238 valence electrons. The van der Waals surface area contributed by atoms with Crippen molar-refractivity contribution in [1.29, 1.82) is 0 Å². The van der Waals surface area contributed by atoms with Gasteiger partial charge in [0.2, 0.25) is 0 Å². The molecule has 5 nitrogen and oxygen atoms in total. The summed E-state index contributed by atoms with van der Waals surface area (Å²) in [6.45, 7) is 0. The lowest BCUT2D eigenvalue weighted by Crippen LogP contribution is -2.36. The summed E-state index contributed by atoms with van der Waals surface area (Å²) < 4.78 is 12.7. The van der Waals surface area contributed by atoms with Crippen LogP contribution >= 0.6 is 0 Å². The minimum Gasteiger partial charge on any atom is -0.456 e. The monoisotopic (exact) mass is 645 g/mol. The number of amidine groups is 2. The van der Waals surface area contributed by atoms with Gasteiger partial charge in [0, 0.05) is 43.8 Å². The van der Waals surface area contributed by atoms with Gasteiger partial charge in [-0.1, -0.05) is 121 Å². The Morgan fingerprint density at radius 2 is 1.16 bits per heavy atom. The first-order valence-corrected chi connectivity index (χ1v) is 17.1. The largest absolute Gasteiger partial charge is 0.456 e. The summed E-state index contributed by atoms with van der Waals surface area (Å²) in [7, 11) is 0. The van der Waals surface area contributed by atoms with Crippen LogP contribution in [0.3, 0.4) is 0 Å². The van der Waals surface area contributed by atoms with Crippen molar-refractivity contribution < 1.29 is 8.83 Å². The molecule has 5 heteroatoms. The number of allylic oxidation sites excluding steroid dienone is 4. The first-order chi connectivity index (χ1) is 24.8. The Kier molecular flexibility index (Phi) is 6.62. The van der Waals surface area contributed by atoms with Crippen LogP contribution in [0.5, 0.6) is 0 Å². The molecule has 0 spiro atoms. The van der Waals surface area contributed by atoms with Crippen molar-refractivity contribution in [1.82, 2.24) is 5.32 Å². The van der Waals surface area contributed by atoms with Gasteiger partial charge in [-0.05, 0) is 59.9 Å². The highest BCUT2D eigenvalue weighted by atomic mass is 16.3. The van der Waals surface area contributed by atoms with Gasteiger partial charge in [0.05, 0.1) is 0 Å². The average molecular weight is 646 g/mol. The number of benzene rings is 6. The van der Waals surface area contributed by atoms with Crippen LogP contribution in [0.15, 0.2) is 171 Å². The lowest BCUT2D eigenvalue weighted by atomic mass is 9.92. The highest BCUT2D eigenvalue weighted by molar-refractivity contribution is 6.17. The first-order valence-electron chi connectivity index (χ1n) is 17.1. The number of nitrogens with one attached hydrogen (secondary N) is 1. The molecule has 0 amide bonds. The number of furan rings is 2. The number of aliphatic imine (C=N–C) groups is 2. The molecule has 1 unspecified atom stereocenters. The second-order valence-corrected chi connectivity index (χ2v) is 12.9. The van der Waals surface area contributed by atoms with E-state index in [1.54, 1.807) is 0 Å². The van der Waals surface area contributed by atoms with Crippen LogP contribution in [0.1, 0.15) is 41.3 Å². The first kappa shape index (κ1) is 28.5. The highest BCUT2D eigenvalue weighted by Crippen LogP contribution is 2.44. The van der Waals surface area contributed by atoms with Gasteiger partial charge in [-0.2, -0.15) is 0 Å². The quantitative estimate of drug-likeness (QED) is 0.203. The zero-order valence-corrected chi connectivity index (χ0v) is 27.1. The Morgan fingerprint density at radius 3 is 1.94 bits per heavy atom. The van der Waals surface area contributed by atoms with Crippen LogP contribution in [-0.4, -0.2) is 11.7 Å². The minimum atomic E-state index is -0.517. The third-order valence-corrected chi connectivity index (χ3v) is 9.85. The van der Waals surface area contributed by atoms with Crippen molar-refractivity contribution in [3.8, 4) is 11.1 Å². The third-order valence-electron chi connectivity index (χ3n) is 9.85. The molecule has 3 heterocycles. The molecule has 0 bridgehead atoms. The Hall–Kier alpha value is -6.46. The van der Waals surface area contributed by atoms with E-state index in [-0.39, 0.29) is 0 Å². The molecule has 6 aromatic carbocycles. The van der Waals surface area contributed by atoms with Crippen molar-refractivity contribution >= 4 is 61.1 Å². The summed E-state index contributed by atoms with van der Waals surface area (Å²) in [5.74, 6) is 1.57. The fourth-order valence-corrected chi connectivity index (χ4v) is 7.40. The van der Waals surface area contributed by atoms with E-state index in [2.05, 4.69) is 115 Å². The number of nitrogens with zero attached hydrogens (tertiary/aromatic N) is 2. The minimum absolute atomic E-state index is 0.517. The predicted molar refractivity (Wildman–Crippen MR) is 205 cm³/mol. The fraction of sp³-hybridized carbons (Fsp3) is 0.0667. The zero-order valence-electron chi connectivity index (χ0n) is 27.1. The highest BCUT2D eigenvalue weighted by Gasteiger charge is 2.26. The number of hydrogen-bond donors (Lipinski definition) is 1. The molecule has 1 atom stereocenters. The number of hydrogen-bond acceptors (Lipinski definition) is 5. The zero-order chi connectivity index (χ0) is 33.0. The topological polar surface area (TPSA) is 63.0 Å². The normalized spacial score (nSPS) is 16.1. The van der Waals surface area contributed by atoms with Gasteiger partial charge in [-0.3, -0.25) is 0 Å². The molecular formula is C45H31N3O2. The maximum absolute atomic E-state index is 6.43. The van der Waals surface area contributed by atoms with Gasteiger partial charge >= 0.3 is 0 Å². The number of rotatable bonds is 5. The van der Waals surface area contributed by atoms with Crippen LogP contribution in [0.4, 0.5) is 0 Å². The van der Waals surface area contributed by atoms with E-state index in [9.17, 15) is 0 Å². The van der Waals surface area contributed by atoms with Gasteiger partial charge in [-0.25, -0.2) is 9.98 Å². The second-order valence-electron chi connectivity index (χ2n) is 12.9. The Balaban J connectivity index is 1.19. The summed E-state index contributed by atoms with van der Waals surface area (Å²) in [4.78, 5) is 10.6. The number of fused-ring (bicyclic) bond motifs is 6. The number of para-hydroxylation sites is 2. The molecule has 2 aromatic heterocycles. The van der Waals surface area contributed by atoms with Crippen LogP contribution in [0, 0.1) is 0 Å². The van der Waals surface area contributed by atoms with Gasteiger partial charge in [0.15, 0.2) is 6.17 Å². The van der Waals surface area contributed by atoms with E-state index in [0.29, 0.717) is 0 Å². The lowest BCUT2D eigenvalue weighted by molar-refractivity contribution is 0.668. The molecule has 8 aromatic rings. The summed E-state index contributed by atoms with van der Waals surface area (Å²) in [6.07, 6.45) is 8.19. The molecule has 10 rings (SSSR count). The maximum atomic E-state index is 6.43. The fourth-order valence-electron chi connectivity index (χ4n) is 7.40. The van der Waals surface area contributed by atoms with Crippen LogP contribution < -0.4 is 5.32 Å². The second kappa shape index (κ2) is 11.6. The molecule has 2 aliphatic rings.